The van der Waals surface area contributed by atoms with Crippen molar-refractivity contribution in [3.8, 4) is 5.88 Å². The van der Waals surface area contributed by atoms with Crippen LogP contribution in [0.5, 0.6) is 5.88 Å². The fourth-order valence-electron chi connectivity index (χ4n) is 1.72. The first-order chi connectivity index (χ1) is 9.52. The Labute approximate surface area is 114 Å². The first-order valence-corrected chi connectivity index (χ1v) is 5.92. The molecule has 2 rings (SSSR count). The molecular weight excluding hydrogens is 260 g/mol. The molecule has 2 aromatic rings. The number of benzene rings is 1. The molecule has 0 spiro atoms. The van der Waals surface area contributed by atoms with Crippen LogP contribution in [0.2, 0.25) is 0 Å². The molecule has 0 aliphatic heterocycles. The van der Waals surface area contributed by atoms with Gasteiger partial charge in [0.1, 0.15) is 5.56 Å². The van der Waals surface area contributed by atoms with Gasteiger partial charge in [-0.05, 0) is 12.1 Å². The Balaban J connectivity index is 2.34. The zero-order valence-electron chi connectivity index (χ0n) is 11.1. The fourth-order valence-corrected chi connectivity index (χ4v) is 1.72. The van der Waals surface area contributed by atoms with Crippen LogP contribution in [-0.4, -0.2) is 14.2 Å². The summed E-state index contributed by atoms with van der Waals surface area (Å²) < 4.78 is 1.92. The number of hydrogen-bond acceptors (Lipinski definition) is 5. The molecule has 0 bridgehead atoms. The smallest absolute Gasteiger partial charge is 0.333 e. The van der Waals surface area contributed by atoms with E-state index in [9.17, 15) is 14.7 Å². The first-order valence-electron chi connectivity index (χ1n) is 5.92. The second-order valence-electron chi connectivity index (χ2n) is 4.24. The SMILES string of the molecule is Cn1c(O)c(CN=Nc2ccccc2)c(=O)n(C)c1=O. The van der Waals surface area contributed by atoms with E-state index >= 15 is 0 Å². The molecule has 7 nitrogen and oxygen atoms in total. The average molecular weight is 274 g/mol. The highest BCUT2D eigenvalue weighted by atomic mass is 16.3. The van der Waals surface area contributed by atoms with Crippen LogP contribution in [0.1, 0.15) is 5.56 Å². The van der Waals surface area contributed by atoms with E-state index in [1.165, 1.54) is 14.1 Å². The van der Waals surface area contributed by atoms with Crippen LogP contribution >= 0.6 is 0 Å². The van der Waals surface area contributed by atoms with E-state index in [1.807, 2.05) is 18.2 Å². The molecule has 20 heavy (non-hydrogen) atoms. The number of nitrogens with zero attached hydrogens (tertiary/aromatic N) is 4. The highest BCUT2D eigenvalue weighted by Crippen LogP contribution is 2.13. The molecule has 0 unspecified atom stereocenters. The largest absolute Gasteiger partial charge is 0.494 e. The number of hydrogen-bond donors (Lipinski definition) is 1. The normalized spacial score (nSPS) is 11.1. The third kappa shape index (κ3) is 2.51. The number of azo groups is 1. The van der Waals surface area contributed by atoms with E-state index in [-0.39, 0.29) is 18.0 Å². The summed E-state index contributed by atoms with van der Waals surface area (Å²) in [6, 6.07) is 9.02. The standard InChI is InChI=1S/C13H14N4O3/c1-16-11(18)10(12(19)17(2)13(16)20)8-14-15-9-6-4-3-5-7-9/h3-7,18H,8H2,1-2H3. The molecule has 0 saturated heterocycles. The molecule has 1 aromatic carbocycles. The van der Waals surface area contributed by atoms with E-state index in [2.05, 4.69) is 10.2 Å². The van der Waals surface area contributed by atoms with E-state index in [4.69, 9.17) is 0 Å². The summed E-state index contributed by atoms with van der Waals surface area (Å²) in [6.07, 6.45) is 0. The molecule has 0 aliphatic rings. The van der Waals surface area contributed by atoms with E-state index < -0.39 is 11.2 Å². The topological polar surface area (TPSA) is 88.9 Å². The quantitative estimate of drug-likeness (QED) is 0.849. The Bertz CT molecular complexity index is 760. The first kappa shape index (κ1) is 13.7. The van der Waals surface area contributed by atoms with Gasteiger partial charge in [-0.3, -0.25) is 13.9 Å². The van der Waals surface area contributed by atoms with Crippen molar-refractivity contribution >= 4 is 5.69 Å². The zero-order valence-corrected chi connectivity index (χ0v) is 11.1. The van der Waals surface area contributed by atoms with Gasteiger partial charge in [0.05, 0.1) is 12.2 Å². The predicted molar refractivity (Wildman–Crippen MR) is 73.3 cm³/mol. The summed E-state index contributed by atoms with van der Waals surface area (Å²) >= 11 is 0. The van der Waals surface area contributed by atoms with Gasteiger partial charge in [-0.2, -0.15) is 10.2 Å². The van der Waals surface area contributed by atoms with Crippen LogP contribution in [0, 0.1) is 0 Å². The lowest BCUT2D eigenvalue weighted by atomic mass is 10.3. The van der Waals surface area contributed by atoms with E-state index in [0.29, 0.717) is 5.69 Å². The lowest BCUT2D eigenvalue weighted by Gasteiger charge is -2.08. The van der Waals surface area contributed by atoms with Crippen molar-refractivity contribution < 1.29 is 5.11 Å². The zero-order chi connectivity index (χ0) is 14.7. The average Bonchev–Trinajstić information content (AvgIpc) is 2.48. The number of aromatic hydroxyl groups is 1. The van der Waals surface area contributed by atoms with Gasteiger partial charge in [0.2, 0.25) is 5.88 Å². The minimum atomic E-state index is -0.587. The van der Waals surface area contributed by atoms with Crippen molar-refractivity contribution in [1.82, 2.24) is 9.13 Å². The molecular formula is C13H14N4O3. The van der Waals surface area contributed by atoms with Gasteiger partial charge in [-0.15, -0.1) is 0 Å². The Morgan fingerprint density at radius 1 is 1.10 bits per heavy atom. The number of rotatable bonds is 3. The second-order valence-corrected chi connectivity index (χ2v) is 4.24. The third-order valence-corrected chi connectivity index (χ3v) is 2.90. The highest BCUT2D eigenvalue weighted by Gasteiger charge is 2.14. The molecule has 0 radical (unpaired) electrons. The van der Waals surface area contributed by atoms with Gasteiger partial charge in [-0.25, -0.2) is 4.79 Å². The van der Waals surface area contributed by atoms with Gasteiger partial charge in [-0.1, -0.05) is 18.2 Å². The molecule has 0 aliphatic carbocycles. The lowest BCUT2D eigenvalue weighted by molar-refractivity contribution is 0.403. The summed E-state index contributed by atoms with van der Waals surface area (Å²) in [5, 5.41) is 17.7. The minimum absolute atomic E-state index is 0.0364. The maximum Gasteiger partial charge on any atom is 0.333 e. The van der Waals surface area contributed by atoms with Crippen LogP contribution in [0.25, 0.3) is 0 Å². The summed E-state index contributed by atoms with van der Waals surface area (Å²) in [5.41, 5.74) is -0.475. The molecule has 1 heterocycles. The van der Waals surface area contributed by atoms with Crippen LogP contribution in [0.3, 0.4) is 0 Å². The minimum Gasteiger partial charge on any atom is -0.494 e. The van der Waals surface area contributed by atoms with E-state index in [0.717, 1.165) is 9.13 Å². The molecule has 1 aromatic heterocycles. The summed E-state index contributed by atoms with van der Waals surface area (Å²) in [7, 11) is 2.73. The van der Waals surface area contributed by atoms with Crippen molar-refractivity contribution in [3.63, 3.8) is 0 Å². The molecule has 7 heteroatoms. The van der Waals surface area contributed by atoms with Gasteiger partial charge in [0.25, 0.3) is 5.56 Å². The van der Waals surface area contributed by atoms with Crippen LogP contribution in [-0.2, 0) is 20.6 Å². The van der Waals surface area contributed by atoms with Crippen molar-refractivity contribution in [3.05, 3.63) is 56.7 Å². The Morgan fingerprint density at radius 3 is 2.40 bits per heavy atom. The molecule has 0 saturated carbocycles. The summed E-state index contributed by atoms with van der Waals surface area (Å²) in [6.45, 7) is -0.0957. The molecule has 104 valence electrons. The monoisotopic (exact) mass is 274 g/mol. The highest BCUT2D eigenvalue weighted by molar-refractivity contribution is 5.34. The summed E-state index contributed by atoms with van der Waals surface area (Å²) in [5.74, 6) is -0.384. The Hall–Kier alpha value is -2.70. The molecule has 0 fully saturated rings. The molecule has 0 amide bonds. The maximum atomic E-state index is 11.9. The van der Waals surface area contributed by atoms with Crippen LogP contribution < -0.4 is 11.2 Å². The van der Waals surface area contributed by atoms with Crippen LogP contribution in [0.4, 0.5) is 5.69 Å². The van der Waals surface area contributed by atoms with Crippen molar-refractivity contribution in [2.24, 2.45) is 24.3 Å². The van der Waals surface area contributed by atoms with Gasteiger partial charge in [0.15, 0.2) is 0 Å². The van der Waals surface area contributed by atoms with Crippen molar-refractivity contribution in [2.75, 3.05) is 0 Å². The fraction of sp³-hybridized carbons (Fsp3) is 0.231. The lowest BCUT2D eigenvalue weighted by Crippen LogP contribution is -2.38. The van der Waals surface area contributed by atoms with Gasteiger partial charge < -0.3 is 5.11 Å². The summed E-state index contributed by atoms with van der Waals surface area (Å²) in [4.78, 5) is 23.5. The van der Waals surface area contributed by atoms with Crippen LogP contribution in [0.15, 0.2) is 50.1 Å². The van der Waals surface area contributed by atoms with Crippen molar-refractivity contribution in [1.29, 1.82) is 0 Å². The Kier molecular flexibility index (Phi) is 3.79. The Morgan fingerprint density at radius 2 is 1.75 bits per heavy atom. The van der Waals surface area contributed by atoms with Gasteiger partial charge in [0, 0.05) is 14.1 Å². The molecule has 1 N–H and O–H groups in total. The predicted octanol–water partition coefficient (Wildman–Crippen LogP) is 1.07. The number of aromatic nitrogens is 2. The second kappa shape index (κ2) is 5.52. The molecule has 0 atom stereocenters. The van der Waals surface area contributed by atoms with E-state index in [1.54, 1.807) is 12.1 Å². The van der Waals surface area contributed by atoms with Gasteiger partial charge >= 0.3 is 5.69 Å². The maximum absolute atomic E-state index is 11.9. The third-order valence-electron chi connectivity index (χ3n) is 2.90. The van der Waals surface area contributed by atoms with Crippen molar-refractivity contribution in [2.45, 2.75) is 6.54 Å².